The number of aryl methyl sites for hydroxylation is 3. The maximum atomic E-state index is 5.68. The zero-order chi connectivity index (χ0) is 12.4. The Labute approximate surface area is 115 Å². The van der Waals surface area contributed by atoms with Crippen molar-refractivity contribution >= 4 is 22.9 Å². The summed E-state index contributed by atoms with van der Waals surface area (Å²) in [6.45, 7) is 0. The average Bonchev–Trinajstić information content (AvgIpc) is 3.02. The van der Waals surface area contributed by atoms with Gasteiger partial charge in [-0.1, -0.05) is 0 Å². The summed E-state index contributed by atoms with van der Waals surface area (Å²) in [5.74, 6) is 1.99. The van der Waals surface area contributed by atoms with Gasteiger partial charge in [0, 0.05) is 17.2 Å². The van der Waals surface area contributed by atoms with Crippen LogP contribution in [0.1, 0.15) is 35.6 Å². The zero-order valence-electron chi connectivity index (χ0n) is 10.1. The lowest BCUT2D eigenvalue weighted by atomic mass is 9.99. The molecule has 0 saturated heterocycles. The van der Waals surface area contributed by atoms with Crippen LogP contribution in [0.5, 0.6) is 0 Å². The second-order valence-electron chi connectivity index (χ2n) is 4.56. The van der Waals surface area contributed by atoms with E-state index in [1.807, 2.05) is 0 Å². The Morgan fingerprint density at radius 1 is 1.28 bits per heavy atom. The molecule has 0 amide bonds. The molecule has 2 aromatic rings. The molecule has 0 atom stereocenters. The monoisotopic (exact) mass is 282 g/mol. The largest absolute Gasteiger partial charge is 0.420 e. The Bertz CT molecular complexity index is 511. The van der Waals surface area contributed by atoms with Crippen LogP contribution in [-0.2, 0) is 19.3 Å². The van der Waals surface area contributed by atoms with Gasteiger partial charge in [-0.15, -0.1) is 33.1 Å². The number of alkyl halides is 1. The lowest BCUT2D eigenvalue weighted by Crippen LogP contribution is -1.96. The molecule has 96 valence electrons. The normalized spacial score (nSPS) is 14.7. The van der Waals surface area contributed by atoms with Crippen LogP contribution in [0, 0.1) is 0 Å². The Balaban J connectivity index is 1.81. The van der Waals surface area contributed by atoms with Crippen LogP contribution in [0.25, 0.3) is 10.8 Å². The minimum atomic E-state index is 0.630. The first-order valence-electron chi connectivity index (χ1n) is 6.37. The molecule has 0 spiro atoms. The molecule has 3 rings (SSSR count). The van der Waals surface area contributed by atoms with Crippen molar-refractivity contribution in [1.82, 2.24) is 10.2 Å². The highest BCUT2D eigenvalue weighted by atomic mass is 35.5. The second kappa shape index (κ2) is 5.41. The highest BCUT2D eigenvalue weighted by molar-refractivity contribution is 7.15. The van der Waals surface area contributed by atoms with E-state index in [-0.39, 0.29) is 0 Å². The van der Waals surface area contributed by atoms with Crippen molar-refractivity contribution in [1.29, 1.82) is 0 Å². The Morgan fingerprint density at radius 3 is 3.00 bits per heavy atom. The molecule has 0 fully saturated rings. The van der Waals surface area contributed by atoms with Crippen molar-refractivity contribution in [3.8, 4) is 10.8 Å². The summed E-state index contributed by atoms with van der Waals surface area (Å²) in [6.07, 6.45) is 6.64. The molecule has 1 aliphatic rings. The van der Waals surface area contributed by atoms with Crippen LogP contribution in [0.3, 0.4) is 0 Å². The number of rotatable bonds is 4. The van der Waals surface area contributed by atoms with E-state index in [1.165, 1.54) is 36.1 Å². The van der Waals surface area contributed by atoms with Crippen LogP contribution in [-0.4, -0.2) is 16.1 Å². The fourth-order valence-electron chi connectivity index (χ4n) is 2.27. The van der Waals surface area contributed by atoms with E-state index < -0.39 is 0 Å². The smallest absolute Gasteiger partial charge is 0.257 e. The molecule has 2 aromatic heterocycles. The van der Waals surface area contributed by atoms with Gasteiger partial charge in [0.25, 0.3) is 5.89 Å². The molecule has 18 heavy (non-hydrogen) atoms. The van der Waals surface area contributed by atoms with Crippen LogP contribution in [0.4, 0.5) is 0 Å². The Morgan fingerprint density at radius 2 is 2.17 bits per heavy atom. The van der Waals surface area contributed by atoms with Crippen molar-refractivity contribution in [2.45, 2.75) is 38.5 Å². The Hall–Kier alpha value is -0.870. The van der Waals surface area contributed by atoms with Crippen LogP contribution in [0.2, 0.25) is 0 Å². The number of aromatic nitrogens is 2. The number of thiophene rings is 1. The first-order valence-corrected chi connectivity index (χ1v) is 7.72. The van der Waals surface area contributed by atoms with Gasteiger partial charge < -0.3 is 4.42 Å². The van der Waals surface area contributed by atoms with E-state index in [0.717, 1.165) is 17.7 Å². The summed E-state index contributed by atoms with van der Waals surface area (Å²) in [7, 11) is 0. The van der Waals surface area contributed by atoms with Crippen molar-refractivity contribution in [2.24, 2.45) is 0 Å². The van der Waals surface area contributed by atoms with E-state index in [4.69, 9.17) is 16.0 Å². The van der Waals surface area contributed by atoms with Gasteiger partial charge in [0.05, 0.1) is 4.88 Å². The van der Waals surface area contributed by atoms with Crippen molar-refractivity contribution in [2.75, 3.05) is 5.88 Å². The molecule has 5 heteroatoms. The van der Waals surface area contributed by atoms with Gasteiger partial charge in [0.15, 0.2) is 0 Å². The molecular weight excluding hydrogens is 268 g/mol. The molecule has 0 aromatic carbocycles. The number of fused-ring (bicyclic) bond motifs is 1. The highest BCUT2D eigenvalue weighted by Gasteiger charge is 2.17. The van der Waals surface area contributed by atoms with Gasteiger partial charge in [-0.2, -0.15) is 0 Å². The van der Waals surface area contributed by atoms with E-state index in [2.05, 4.69) is 16.3 Å². The summed E-state index contributed by atoms with van der Waals surface area (Å²) in [5.41, 5.74) is 1.47. The fourth-order valence-corrected chi connectivity index (χ4v) is 3.58. The van der Waals surface area contributed by atoms with Gasteiger partial charge in [-0.05, 0) is 43.7 Å². The van der Waals surface area contributed by atoms with Gasteiger partial charge in [-0.3, -0.25) is 0 Å². The standard InChI is InChI=1S/C13H15ClN2OS/c14-7-3-6-12-15-16-13(17-12)11-8-9-4-1-2-5-10(9)18-11/h8H,1-7H2. The number of hydrogen-bond donors (Lipinski definition) is 0. The van der Waals surface area contributed by atoms with E-state index in [0.29, 0.717) is 17.7 Å². The third-order valence-corrected chi connectivity index (χ3v) is 4.69. The lowest BCUT2D eigenvalue weighted by Gasteiger charge is -2.08. The van der Waals surface area contributed by atoms with Gasteiger partial charge >= 0.3 is 0 Å². The zero-order valence-corrected chi connectivity index (χ0v) is 11.7. The second-order valence-corrected chi connectivity index (χ2v) is 6.07. The third-order valence-electron chi connectivity index (χ3n) is 3.20. The lowest BCUT2D eigenvalue weighted by molar-refractivity contribution is 0.503. The topological polar surface area (TPSA) is 38.9 Å². The minimum absolute atomic E-state index is 0.630. The summed E-state index contributed by atoms with van der Waals surface area (Å²) in [6, 6.07) is 2.22. The van der Waals surface area contributed by atoms with Gasteiger partial charge in [-0.25, -0.2) is 0 Å². The van der Waals surface area contributed by atoms with Gasteiger partial charge in [0.1, 0.15) is 0 Å². The minimum Gasteiger partial charge on any atom is -0.420 e. The summed E-state index contributed by atoms with van der Waals surface area (Å²) >= 11 is 7.46. The van der Waals surface area contributed by atoms with Crippen LogP contribution in [0.15, 0.2) is 10.5 Å². The molecule has 0 radical (unpaired) electrons. The Kier molecular flexibility index (Phi) is 3.66. The summed E-state index contributed by atoms with van der Waals surface area (Å²) in [4.78, 5) is 2.61. The number of nitrogens with zero attached hydrogens (tertiary/aromatic N) is 2. The van der Waals surface area contributed by atoms with Crippen molar-refractivity contribution in [3.05, 3.63) is 22.4 Å². The molecular formula is C13H15ClN2OS. The average molecular weight is 283 g/mol. The third kappa shape index (κ3) is 2.45. The van der Waals surface area contributed by atoms with Gasteiger partial charge in [0.2, 0.25) is 5.89 Å². The molecule has 0 saturated carbocycles. The first kappa shape index (κ1) is 12.2. The maximum Gasteiger partial charge on any atom is 0.257 e. The number of halogens is 1. The predicted molar refractivity (Wildman–Crippen MR) is 73.3 cm³/mol. The molecule has 0 bridgehead atoms. The summed E-state index contributed by atoms with van der Waals surface area (Å²) in [5, 5.41) is 8.20. The molecule has 1 aliphatic carbocycles. The van der Waals surface area contributed by atoms with Crippen LogP contribution < -0.4 is 0 Å². The molecule has 2 heterocycles. The number of hydrogen-bond acceptors (Lipinski definition) is 4. The molecule has 0 N–H and O–H groups in total. The van der Waals surface area contributed by atoms with Crippen LogP contribution >= 0.6 is 22.9 Å². The molecule has 0 unspecified atom stereocenters. The SMILES string of the molecule is ClCCCc1nnc(-c2cc3c(s2)CCCC3)o1. The quantitative estimate of drug-likeness (QED) is 0.800. The molecule has 0 aliphatic heterocycles. The highest BCUT2D eigenvalue weighted by Crippen LogP contribution is 2.35. The predicted octanol–water partition coefficient (Wildman–Crippen LogP) is 3.85. The maximum absolute atomic E-state index is 5.68. The first-order chi connectivity index (χ1) is 8.86. The van der Waals surface area contributed by atoms with E-state index in [9.17, 15) is 0 Å². The van der Waals surface area contributed by atoms with E-state index >= 15 is 0 Å². The molecule has 3 nitrogen and oxygen atoms in total. The van der Waals surface area contributed by atoms with E-state index in [1.54, 1.807) is 11.3 Å². The van der Waals surface area contributed by atoms with Crippen molar-refractivity contribution < 1.29 is 4.42 Å². The van der Waals surface area contributed by atoms with Crippen molar-refractivity contribution in [3.63, 3.8) is 0 Å². The fraction of sp³-hybridized carbons (Fsp3) is 0.538. The summed E-state index contributed by atoms with van der Waals surface area (Å²) < 4.78 is 5.68.